The Morgan fingerprint density at radius 1 is 1.21 bits per heavy atom. The summed E-state index contributed by atoms with van der Waals surface area (Å²) in [5, 5.41) is 9.80. The number of amides is 2. The molecule has 1 aromatic heterocycles. The Bertz CT molecular complexity index is 863. The lowest BCUT2D eigenvalue weighted by molar-refractivity contribution is 0.0483. The number of ether oxygens (including phenoxy) is 1. The van der Waals surface area contributed by atoms with Crippen molar-refractivity contribution in [1.82, 2.24) is 10.9 Å². The molecule has 0 saturated carbocycles. The number of rotatable bonds is 1. The molecule has 24 heavy (non-hydrogen) atoms. The van der Waals surface area contributed by atoms with Crippen LogP contribution in [0.1, 0.15) is 36.7 Å². The number of carbonyl (C=O) groups excluding carboxylic acids is 2. The zero-order valence-electron chi connectivity index (χ0n) is 13.7. The molecule has 1 aromatic carbocycles. The molecule has 0 radical (unpaired) electrons. The second-order valence-corrected chi connectivity index (χ2v) is 6.15. The van der Waals surface area contributed by atoms with Crippen molar-refractivity contribution in [2.24, 2.45) is 0 Å². The third kappa shape index (κ3) is 3.83. The molecule has 0 atom stereocenters. The predicted molar refractivity (Wildman–Crippen MR) is 85.7 cm³/mol. The minimum absolute atomic E-state index is 0.0392. The first-order valence-electron chi connectivity index (χ1n) is 7.14. The van der Waals surface area contributed by atoms with Crippen LogP contribution in [0.5, 0.6) is 5.75 Å². The number of fused-ring (bicyclic) bond motifs is 1. The van der Waals surface area contributed by atoms with E-state index in [1.165, 1.54) is 25.1 Å². The Hall–Kier alpha value is -3.03. The molecule has 2 aromatic rings. The molecule has 0 saturated heterocycles. The standard InChI is InChI=1S/C16H18N2O6/c1-8-12(13(20)17-18-15(22)24-16(2,3)4)10-6-5-9(19)7-11(10)23-14(8)21/h5-7,19H,1-4H3,(H,17,20)(H,18,22). The molecule has 0 aliphatic rings. The third-order valence-electron chi connectivity index (χ3n) is 3.02. The number of nitrogens with one attached hydrogen (secondary N) is 2. The number of hydrazine groups is 1. The number of benzene rings is 1. The molecule has 2 rings (SSSR count). The van der Waals surface area contributed by atoms with Crippen LogP contribution in [-0.2, 0) is 4.74 Å². The van der Waals surface area contributed by atoms with E-state index < -0.39 is 23.2 Å². The Balaban J connectivity index is 2.31. The zero-order valence-corrected chi connectivity index (χ0v) is 13.7. The lowest BCUT2D eigenvalue weighted by Crippen LogP contribution is -2.44. The molecule has 1 heterocycles. The van der Waals surface area contributed by atoms with E-state index in [-0.39, 0.29) is 22.5 Å². The molecule has 8 heteroatoms. The molecule has 0 aliphatic heterocycles. The normalized spacial score (nSPS) is 11.2. The molecule has 0 aliphatic carbocycles. The maximum atomic E-state index is 12.4. The number of hydrogen-bond acceptors (Lipinski definition) is 6. The Kier molecular flexibility index (Phi) is 4.50. The lowest BCUT2D eigenvalue weighted by atomic mass is 10.0. The van der Waals surface area contributed by atoms with Gasteiger partial charge in [0.05, 0.1) is 5.56 Å². The van der Waals surface area contributed by atoms with Crippen molar-refractivity contribution in [1.29, 1.82) is 0 Å². The van der Waals surface area contributed by atoms with Gasteiger partial charge in [-0.25, -0.2) is 15.0 Å². The largest absolute Gasteiger partial charge is 0.508 e. The number of carbonyl (C=O) groups is 2. The molecular weight excluding hydrogens is 316 g/mol. The van der Waals surface area contributed by atoms with Crippen LogP contribution in [0.15, 0.2) is 27.4 Å². The molecule has 8 nitrogen and oxygen atoms in total. The fourth-order valence-electron chi connectivity index (χ4n) is 2.05. The molecule has 0 spiro atoms. The van der Waals surface area contributed by atoms with E-state index >= 15 is 0 Å². The fraction of sp³-hybridized carbons (Fsp3) is 0.312. The first-order chi connectivity index (χ1) is 11.1. The first-order valence-corrected chi connectivity index (χ1v) is 7.14. The SMILES string of the molecule is Cc1c(C(=O)NNC(=O)OC(C)(C)C)c2ccc(O)cc2oc1=O. The van der Waals surface area contributed by atoms with Crippen molar-refractivity contribution >= 4 is 23.0 Å². The van der Waals surface area contributed by atoms with Gasteiger partial charge in [-0.3, -0.25) is 10.2 Å². The van der Waals surface area contributed by atoms with E-state index in [0.29, 0.717) is 5.39 Å². The second kappa shape index (κ2) is 6.23. The van der Waals surface area contributed by atoms with Crippen molar-refractivity contribution in [2.45, 2.75) is 33.3 Å². The maximum absolute atomic E-state index is 12.4. The van der Waals surface area contributed by atoms with Gasteiger partial charge in [-0.15, -0.1) is 0 Å². The van der Waals surface area contributed by atoms with Crippen LogP contribution in [-0.4, -0.2) is 22.7 Å². The fourth-order valence-corrected chi connectivity index (χ4v) is 2.05. The smallest absolute Gasteiger partial charge is 0.426 e. The van der Waals surface area contributed by atoms with Gasteiger partial charge in [-0.1, -0.05) is 0 Å². The van der Waals surface area contributed by atoms with Crippen LogP contribution in [0.25, 0.3) is 11.0 Å². The van der Waals surface area contributed by atoms with Crippen molar-refractivity contribution in [2.75, 3.05) is 0 Å². The third-order valence-corrected chi connectivity index (χ3v) is 3.02. The summed E-state index contributed by atoms with van der Waals surface area (Å²) in [7, 11) is 0. The van der Waals surface area contributed by atoms with Gasteiger partial charge >= 0.3 is 11.7 Å². The van der Waals surface area contributed by atoms with E-state index in [2.05, 4.69) is 10.9 Å². The number of hydrogen-bond donors (Lipinski definition) is 3. The van der Waals surface area contributed by atoms with Crippen LogP contribution < -0.4 is 16.5 Å². The molecular formula is C16H18N2O6. The molecule has 0 unspecified atom stereocenters. The van der Waals surface area contributed by atoms with Crippen LogP contribution in [0, 0.1) is 6.92 Å². The van der Waals surface area contributed by atoms with Gasteiger partial charge in [-0.2, -0.15) is 0 Å². The summed E-state index contributed by atoms with van der Waals surface area (Å²) < 4.78 is 10.1. The summed E-state index contributed by atoms with van der Waals surface area (Å²) in [6.07, 6.45) is -0.835. The monoisotopic (exact) mass is 334 g/mol. The first kappa shape index (κ1) is 17.3. The highest BCUT2D eigenvalue weighted by molar-refractivity contribution is 6.07. The van der Waals surface area contributed by atoms with Crippen LogP contribution in [0.2, 0.25) is 0 Å². The highest BCUT2D eigenvalue weighted by Crippen LogP contribution is 2.23. The quantitative estimate of drug-likeness (QED) is 0.542. The number of phenolic OH excluding ortho intramolecular Hbond substituents is 1. The zero-order chi connectivity index (χ0) is 18.1. The van der Waals surface area contributed by atoms with E-state index in [0.717, 1.165) is 0 Å². The minimum atomic E-state index is -0.835. The van der Waals surface area contributed by atoms with Crippen LogP contribution >= 0.6 is 0 Å². The number of phenols is 1. The summed E-state index contributed by atoms with van der Waals surface area (Å²) >= 11 is 0. The Morgan fingerprint density at radius 2 is 1.88 bits per heavy atom. The topological polar surface area (TPSA) is 118 Å². The molecule has 3 N–H and O–H groups in total. The van der Waals surface area contributed by atoms with Gasteiger partial charge in [-0.05, 0) is 39.8 Å². The minimum Gasteiger partial charge on any atom is -0.508 e. The summed E-state index contributed by atoms with van der Waals surface area (Å²) in [5.74, 6) is -0.810. The van der Waals surface area contributed by atoms with E-state index in [1.807, 2.05) is 0 Å². The van der Waals surface area contributed by atoms with Crippen LogP contribution in [0.3, 0.4) is 0 Å². The summed E-state index contributed by atoms with van der Waals surface area (Å²) in [5.41, 5.74) is 3.06. The van der Waals surface area contributed by atoms with Crippen LogP contribution in [0.4, 0.5) is 4.79 Å². The van der Waals surface area contributed by atoms with Gasteiger partial charge in [0.25, 0.3) is 5.91 Å². The van der Waals surface area contributed by atoms with Crippen molar-refractivity contribution < 1.29 is 23.8 Å². The average molecular weight is 334 g/mol. The molecule has 0 fully saturated rings. The van der Waals surface area contributed by atoms with Crippen molar-refractivity contribution in [3.05, 3.63) is 39.7 Å². The highest BCUT2D eigenvalue weighted by Gasteiger charge is 2.20. The Labute approximate surface area is 137 Å². The van der Waals surface area contributed by atoms with Gasteiger partial charge < -0.3 is 14.3 Å². The number of aromatic hydroxyl groups is 1. The van der Waals surface area contributed by atoms with E-state index in [4.69, 9.17) is 9.15 Å². The predicted octanol–water partition coefficient (Wildman–Crippen LogP) is 1.98. The van der Waals surface area contributed by atoms with Gasteiger partial charge in [0.15, 0.2) is 0 Å². The van der Waals surface area contributed by atoms with Crippen molar-refractivity contribution in [3.8, 4) is 5.75 Å². The molecule has 2 amide bonds. The van der Waals surface area contributed by atoms with Gasteiger partial charge in [0.1, 0.15) is 16.9 Å². The highest BCUT2D eigenvalue weighted by atomic mass is 16.6. The second-order valence-electron chi connectivity index (χ2n) is 6.15. The Morgan fingerprint density at radius 3 is 2.50 bits per heavy atom. The van der Waals surface area contributed by atoms with E-state index in [9.17, 15) is 19.5 Å². The van der Waals surface area contributed by atoms with E-state index in [1.54, 1.807) is 20.8 Å². The summed E-state index contributed by atoms with van der Waals surface area (Å²) in [6.45, 7) is 6.48. The summed E-state index contributed by atoms with van der Waals surface area (Å²) in [6, 6.07) is 4.04. The van der Waals surface area contributed by atoms with Gasteiger partial charge in [0, 0.05) is 17.0 Å². The molecule has 0 bridgehead atoms. The lowest BCUT2D eigenvalue weighted by Gasteiger charge is -2.20. The maximum Gasteiger partial charge on any atom is 0.426 e. The average Bonchev–Trinajstić information content (AvgIpc) is 2.44. The van der Waals surface area contributed by atoms with Gasteiger partial charge in [0.2, 0.25) is 0 Å². The van der Waals surface area contributed by atoms with Crippen molar-refractivity contribution in [3.63, 3.8) is 0 Å². The molecule has 128 valence electrons. The summed E-state index contributed by atoms with van der Waals surface area (Å²) in [4.78, 5) is 35.8.